The van der Waals surface area contributed by atoms with Crippen LogP contribution in [0.25, 0.3) is 10.9 Å². The molecule has 0 bridgehead atoms. The van der Waals surface area contributed by atoms with E-state index in [4.69, 9.17) is 5.73 Å². The van der Waals surface area contributed by atoms with E-state index in [1.807, 2.05) is 0 Å². The molecule has 4 heteroatoms. The van der Waals surface area contributed by atoms with E-state index >= 15 is 0 Å². The molecule has 20 heavy (non-hydrogen) atoms. The Labute approximate surface area is 131 Å². The van der Waals surface area contributed by atoms with Gasteiger partial charge in [0, 0.05) is 32.5 Å². The number of hydrogen-bond donors (Lipinski definition) is 1. The second kappa shape index (κ2) is 5.72. The lowest BCUT2D eigenvalue weighted by atomic mass is 10.0. The minimum Gasteiger partial charge on any atom is -0.342 e. The molecule has 0 aliphatic carbocycles. The molecule has 0 amide bonds. The molecule has 0 saturated carbocycles. The molecule has 0 saturated heterocycles. The zero-order valence-corrected chi connectivity index (χ0v) is 13.7. The van der Waals surface area contributed by atoms with Crippen LogP contribution in [0.4, 0.5) is 0 Å². The SMILES string of the molecule is CC(N)Cc1cccc2c1ccn2Cc1sccc1Br. The van der Waals surface area contributed by atoms with E-state index in [-0.39, 0.29) is 6.04 Å². The van der Waals surface area contributed by atoms with Gasteiger partial charge >= 0.3 is 0 Å². The Balaban J connectivity index is 1.99. The van der Waals surface area contributed by atoms with Crippen LogP contribution in [0.3, 0.4) is 0 Å². The average Bonchev–Trinajstić information content (AvgIpc) is 2.98. The summed E-state index contributed by atoms with van der Waals surface area (Å²) in [7, 11) is 0. The molecule has 1 atom stereocenters. The highest BCUT2D eigenvalue weighted by Crippen LogP contribution is 2.27. The number of aromatic nitrogens is 1. The van der Waals surface area contributed by atoms with Crippen molar-refractivity contribution in [1.29, 1.82) is 0 Å². The summed E-state index contributed by atoms with van der Waals surface area (Å²) in [6.07, 6.45) is 3.09. The zero-order chi connectivity index (χ0) is 14.1. The van der Waals surface area contributed by atoms with Gasteiger partial charge in [-0.25, -0.2) is 0 Å². The van der Waals surface area contributed by atoms with Gasteiger partial charge in [-0.2, -0.15) is 0 Å². The third kappa shape index (κ3) is 2.68. The van der Waals surface area contributed by atoms with Crippen LogP contribution in [-0.4, -0.2) is 10.6 Å². The molecular weight excluding hydrogens is 332 g/mol. The van der Waals surface area contributed by atoms with E-state index in [0.29, 0.717) is 0 Å². The topological polar surface area (TPSA) is 30.9 Å². The summed E-state index contributed by atoms with van der Waals surface area (Å²) < 4.78 is 3.49. The van der Waals surface area contributed by atoms with Gasteiger partial charge in [0.25, 0.3) is 0 Å². The van der Waals surface area contributed by atoms with E-state index in [0.717, 1.165) is 13.0 Å². The number of fused-ring (bicyclic) bond motifs is 1. The summed E-state index contributed by atoms with van der Waals surface area (Å²) in [4.78, 5) is 1.35. The van der Waals surface area contributed by atoms with Gasteiger partial charge in [-0.1, -0.05) is 12.1 Å². The zero-order valence-electron chi connectivity index (χ0n) is 11.3. The Morgan fingerprint density at radius 1 is 1.30 bits per heavy atom. The lowest BCUT2D eigenvalue weighted by Gasteiger charge is -2.08. The maximum atomic E-state index is 5.94. The van der Waals surface area contributed by atoms with Crippen molar-refractivity contribution in [3.8, 4) is 0 Å². The minimum absolute atomic E-state index is 0.190. The average molecular weight is 349 g/mol. The first-order valence-electron chi connectivity index (χ1n) is 6.69. The Kier molecular flexibility index (Phi) is 3.96. The van der Waals surface area contributed by atoms with Crippen molar-refractivity contribution in [2.45, 2.75) is 25.9 Å². The molecule has 3 rings (SSSR count). The molecule has 2 N–H and O–H groups in total. The van der Waals surface area contributed by atoms with Crippen LogP contribution in [-0.2, 0) is 13.0 Å². The smallest absolute Gasteiger partial charge is 0.0580 e. The molecular formula is C16H17BrN2S. The van der Waals surface area contributed by atoms with Crippen LogP contribution in [0.2, 0.25) is 0 Å². The second-order valence-corrected chi connectivity index (χ2v) is 7.02. The monoisotopic (exact) mass is 348 g/mol. The molecule has 0 fully saturated rings. The van der Waals surface area contributed by atoms with Crippen LogP contribution < -0.4 is 5.73 Å². The first-order valence-corrected chi connectivity index (χ1v) is 8.36. The van der Waals surface area contributed by atoms with E-state index in [1.54, 1.807) is 11.3 Å². The predicted octanol–water partition coefficient (Wildman–Crippen LogP) is 4.40. The number of halogens is 1. The van der Waals surface area contributed by atoms with Crippen LogP contribution in [0.1, 0.15) is 17.4 Å². The van der Waals surface area contributed by atoms with Crippen LogP contribution in [0.5, 0.6) is 0 Å². The van der Waals surface area contributed by atoms with Crippen LogP contribution >= 0.6 is 27.3 Å². The highest BCUT2D eigenvalue weighted by molar-refractivity contribution is 9.10. The first kappa shape index (κ1) is 13.9. The van der Waals surface area contributed by atoms with Crippen LogP contribution in [0, 0.1) is 0 Å². The van der Waals surface area contributed by atoms with Crippen molar-refractivity contribution in [3.63, 3.8) is 0 Å². The van der Waals surface area contributed by atoms with Gasteiger partial charge in [-0.15, -0.1) is 11.3 Å². The van der Waals surface area contributed by atoms with Crippen LogP contribution in [0.15, 0.2) is 46.4 Å². The van der Waals surface area contributed by atoms with Crippen molar-refractivity contribution in [3.05, 3.63) is 56.8 Å². The lowest BCUT2D eigenvalue weighted by molar-refractivity contribution is 0.741. The molecule has 1 unspecified atom stereocenters. The van der Waals surface area contributed by atoms with E-state index < -0.39 is 0 Å². The van der Waals surface area contributed by atoms with Crippen molar-refractivity contribution >= 4 is 38.2 Å². The molecule has 2 aromatic heterocycles. The Morgan fingerprint density at radius 3 is 2.85 bits per heavy atom. The van der Waals surface area contributed by atoms with E-state index in [1.165, 1.54) is 25.8 Å². The molecule has 2 heterocycles. The number of nitrogens with two attached hydrogens (primary N) is 1. The summed E-state index contributed by atoms with van der Waals surface area (Å²) in [5.41, 5.74) is 8.56. The molecule has 0 radical (unpaired) electrons. The predicted molar refractivity (Wildman–Crippen MR) is 90.4 cm³/mol. The summed E-state index contributed by atoms with van der Waals surface area (Å²) in [5, 5.41) is 3.43. The third-order valence-electron chi connectivity index (χ3n) is 3.45. The summed E-state index contributed by atoms with van der Waals surface area (Å²) in [6, 6.07) is 11.0. The van der Waals surface area contributed by atoms with Gasteiger partial charge in [0.2, 0.25) is 0 Å². The van der Waals surface area contributed by atoms with Gasteiger partial charge < -0.3 is 10.3 Å². The number of nitrogens with zero attached hydrogens (tertiary/aromatic N) is 1. The van der Waals surface area contributed by atoms with Gasteiger partial charge in [-0.05, 0) is 58.4 Å². The molecule has 0 aliphatic rings. The second-order valence-electron chi connectivity index (χ2n) is 5.17. The number of thiophene rings is 1. The highest BCUT2D eigenvalue weighted by atomic mass is 79.9. The van der Waals surface area contributed by atoms with Gasteiger partial charge in [0.1, 0.15) is 0 Å². The normalized spacial score (nSPS) is 12.9. The molecule has 1 aromatic carbocycles. The minimum atomic E-state index is 0.190. The maximum absolute atomic E-state index is 5.94. The van der Waals surface area contributed by atoms with Gasteiger partial charge in [0.05, 0.1) is 6.54 Å². The Hall–Kier alpha value is -1.10. The summed E-state index contributed by atoms with van der Waals surface area (Å²) >= 11 is 5.39. The number of hydrogen-bond acceptors (Lipinski definition) is 2. The lowest BCUT2D eigenvalue weighted by Crippen LogP contribution is -2.17. The number of benzene rings is 1. The molecule has 3 aromatic rings. The van der Waals surface area contributed by atoms with Crippen molar-refractivity contribution in [2.24, 2.45) is 5.73 Å². The quantitative estimate of drug-likeness (QED) is 0.743. The number of rotatable bonds is 4. The van der Waals surface area contributed by atoms with Crippen molar-refractivity contribution in [2.75, 3.05) is 0 Å². The molecule has 2 nitrogen and oxygen atoms in total. The molecule has 104 valence electrons. The fourth-order valence-corrected chi connectivity index (χ4v) is 4.02. The Morgan fingerprint density at radius 2 is 2.15 bits per heavy atom. The van der Waals surface area contributed by atoms with Gasteiger partial charge in [0.15, 0.2) is 0 Å². The summed E-state index contributed by atoms with van der Waals surface area (Å²) in [5.74, 6) is 0. The van der Waals surface area contributed by atoms with E-state index in [2.05, 4.69) is 69.3 Å². The first-order chi connectivity index (χ1) is 9.65. The molecule has 0 aliphatic heterocycles. The van der Waals surface area contributed by atoms with E-state index in [9.17, 15) is 0 Å². The van der Waals surface area contributed by atoms with Crippen molar-refractivity contribution < 1.29 is 0 Å². The largest absolute Gasteiger partial charge is 0.342 e. The van der Waals surface area contributed by atoms with Gasteiger partial charge in [-0.3, -0.25) is 0 Å². The Bertz CT molecular complexity index is 727. The summed E-state index contributed by atoms with van der Waals surface area (Å²) in [6.45, 7) is 2.96. The standard InChI is InChI=1S/C16H17BrN2S/c1-11(18)9-12-3-2-4-15-13(12)5-7-19(15)10-16-14(17)6-8-20-16/h2-8,11H,9-10,18H2,1H3. The van der Waals surface area contributed by atoms with Crippen molar-refractivity contribution in [1.82, 2.24) is 4.57 Å². The highest BCUT2D eigenvalue weighted by Gasteiger charge is 2.09. The molecule has 0 spiro atoms. The maximum Gasteiger partial charge on any atom is 0.0580 e. The third-order valence-corrected chi connectivity index (χ3v) is 5.36. The fourth-order valence-electron chi connectivity index (χ4n) is 2.54. The fraction of sp³-hybridized carbons (Fsp3) is 0.250.